The molecular weight excluding hydrogens is 426 g/mol. The van der Waals surface area contributed by atoms with E-state index < -0.39 is 12.3 Å². The highest BCUT2D eigenvalue weighted by Gasteiger charge is 2.30. The molecule has 4 rings (SSSR count). The molecule has 0 aromatic carbocycles. The van der Waals surface area contributed by atoms with E-state index in [1.807, 2.05) is 6.07 Å². The number of halogens is 2. The maximum atomic E-state index is 13.5. The Morgan fingerprint density at radius 1 is 1.39 bits per heavy atom. The number of carbonyl (C=O) groups excluding carboxylic acids is 2. The smallest absolute Gasteiger partial charge is 0.280 e. The third-order valence-corrected chi connectivity index (χ3v) is 6.26. The molecule has 0 bridgehead atoms. The molecule has 0 aliphatic heterocycles. The van der Waals surface area contributed by atoms with E-state index in [0.717, 1.165) is 28.7 Å². The average Bonchev–Trinajstić information content (AvgIpc) is 3.41. The van der Waals surface area contributed by atoms with E-state index in [0.29, 0.717) is 16.1 Å². The lowest BCUT2D eigenvalue weighted by Crippen LogP contribution is -2.21. The minimum absolute atomic E-state index is 0.0137. The van der Waals surface area contributed by atoms with Crippen LogP contribution < -0.4 is 5.32 Å². The van der Waals surface area contributed by atoms with E-state index in [9.17, 15) is 23.6 Å². The monoisotopic (exact) mass is 444 g/mol. The van der Waals surface area contributed by atoms with Gasteiger partial charge in [0.05, 0.1) is 16.6 Å². The Bertz CT molecular complexity index is 1250. The predicted molar refractivity (Wildman–Crippen MR) is 110 cm³/mol. The van der Waals surface area contributed by atoms with Gasteiger partial charge in [-0.2, -0.15) is 10.4 Å². The van der Waals surface area contributed by atoms with E-state index >= 15 is 0 Å². The first-order valence-electron chi connectivity index (χ1n) is 9.46. The van der Waals surface area contributed by atoms with E-state index in [1.54, 1.807) is 21.0 Å². The van der Waals surface area contributed by atoms with Crippen LogP contribution >= 0.6 is 11.3 Å². The lowest BCUT2D eigenvalue weighted by molar-refractivity contribution is 0.0831. The third-order valence-electron chi connectivity index (χ3n) is 5.07. The fraction of sp³-hybridized carbons (Fsp3) is 0.350. The summed E-state index contributed by atoms with van der Waals surface area (Å²) >= 11 is 0.991. The van der Waals surface area contributed by atoms with Crippen molar-refractivity contribution in [2.45, 2.75) is 32.1 Å². The van der Waals surface area contributed by atoms with Crippen molar-refractivity contribution in [1.29, 1.82) is 5.26 Å². The summed E-state index contributed by atoms with van der Waals surface area (Å²) < 4.78 is 28.1. The van der Waals surface area contributed by atoms with Crippen LogP contribution in [0.2, 0.25) is 0 Å². The van der Waals surface area contributed by atoms with E-state index in [2.05, 4.69) is 15.4 Å². The van der Waals surface area contributed by atoms with Gasteiger partial charge in [0.2, 0.25) is 0 Å². The summed E-state index contributed by atoms with van der Waals surface area (Å²) in [7, 11) is 3.18. The summed E-state index contributed by atoms with van der Waals surface area (Å²) in [5.41, 5.74) is 0.888. The van der Waals surface area contributed by atoms with E-state index in [-0.39, 0.29) is 39.3 Å². The lowest BCUT2D eigenvalue weighted by atomic mass is 10.1. The van der Waals surface area contributed by atoms with Gasteiger partial charge >= 0.3 is 0 Å². The summed E-state index contributed by atoms with van der Waals surface area (Å²) in [5.74, 6) is -0.817. The van der Waals surface area contributed by atoms with Crippen LogP contribution in [0.15, 0.2) is 12.3 Å². The Kier molecular flexibility index (Phi) is 5.18. The fourth-order valence-electron chi connectivity index (χ4n) is 3.22. The highest BCUT2D eigenvalue weighted by molar-refractivity contribution is 7.18. The van der Waals surface area contributed by atoms with Crippen LogP contribution in [0, 0.1) is 18.3 Å². The maximum Gasteiger partial charge on any atom is 0.280 e. The molecule has 1 aliphatic rings. The van der Waals surface area contributed by atoms with Gasteiger partial charge < -0.3 is 10.2 Å². The predicted octanol–water partition coefficient (Wildman–Crippen LogP) is 3.74. The van der Waals surface area contributed by atoms with E-state index in [4.69, 9.17) is 0 Å². The van der Waals surface area contributed by atoms with Crippen molar-refractivity contribution < 1.29 is 18.4 Å². The highest BCUT2D eigenvalue weighted by atomic mass is 32.1. The van der Waals surface area contributed by atoms with Crippen LogP contribution in [0.1, 0.15) is 67.7 Å². The Morgan fingerprint density at radius 3 is 2.68 bits per heavy atom. The van der Waals surface area contributed by atoms with Crippen molar-refractivity contribution in [3.63, 3.8) is 0 Å². The number of nitrogens with zero attached hydrogens (tertiary/aromatic N) is 5. The van der Waals surface area contributed by atoms with Gasteiger partial charge in [-0.1, -0.05) is 0 Å². The molecule has 0 spiro atoms. The van der Waals surface area contributed by atoms with Crippen LogP contribution in [0.5, 0.6) is 0 Å². The Balaban J connectivity index is 1.74. The van der Waals surface area contributed by atoms with Crippen LogP contribution in [0.25, 0.3) is 5.65 Å². The topological polar surface area (TPSA) is 103 Å². The quantitative estimate of drug-likeness (QED) is 0.646. The number of nitriles is 1. The van der Waals surface area contributed by atoms with Crippen molar-refractivity contribution in [3.8, 4) is 6.07 Å². The van der Waals surface area contributed by atoms with Gasteiger partial charge in [-0.05, 0) is 31.4 Å². The van der Waals surface area contributed by atoms with Gasteiger partial charge in [0.15, 0.2) is 5.65 Å². The standard InChI is InChI=1S/C20H18F2N6O2S/c1-9-11(7-23)19(31-15(9)20(30)27(2)3)26-18(29)12-8-24-28-14(16(21)22)6-13(10-4-5-10)25-17(12)28/h6,8,10,16H,4-5H2,1-3H3,(H,26,29). The number of anilines is 1. The molecule has 1 saturated carbocycles. The zero-order valence-corrected chi connectivity index (χ0v) is 17.8. The Labute approximate surface area is 180 Å². The maximum absolute atomic E-state index is 13.5. The second-order valence-corrected chi connectivity index (χ2v) is 8.52. The van der Waals surface area contributed by atoms with Crippen LogP contribution in [-0.2, 0) is 0 Å². The van der Waals surface area contributed by atoms with Crippen LogP contribution in [-0.4, -0.2) is 45.4 Å². The Hall–Kier alpha value is -3.39. The van der Waals surface area contributed by atoms with Gasteiger partial charge in [-0.15, -0.1) is 11.3 Å². The minimum atomic E-state index is -2.77. The summed E-state index contributed by atoms with van der Waals surface area (Å²) in [6, 6.07) is 3.34. The highest BCUT2D eigenvalue weighted by Crippen LogP contribution is 2.40. The van der Waals surface area contributed by atoms with Gasteiger partial charge in [0, 0.05) is 25.7 Å². The molecular formula is C20H18F2N6O2S. The molecule has 3 heterocycles. The summed E-state index contributed by atoms with van der Waals surface area (Å²) in [6.07, 6.45) is 0.135. The summed E-state index contributed by atoms with van der Waals surface area (Å²) in [6.45, 7) is 1.63. The molecule has 0 radical (unpaired) electrons. The first kappa shape index (κ1) is 20.9. The van der Waals surface area contributed by atoms with Crippen LogP contribution in [0.3, 0.4) is 0 Å². The number of nitrogens with one attached hydrogen (secondary N) is 1. The molecule has 160 valence electrons. The van der Waals surface area contributed by atoms with Gasteiger partial charge in [0.1, 0.15) is 22.3 Å². The minimum Gasteiger partial charge on any atom is -0.344 e. The van der Waals surface area contributed by atoms with Gasteiger partial charge in [-0.3, -0.25) is 9.59 Å². The molecule has 8 nitrogen and oxygen atoms in total. The number of fused-ring (bicyclic) bond motifs is 1. The molecule has 0 saturated heterocycles. The molecule has 3 aromatic rings. The number of carbonyl (C=O) groups is 2. The number of rotatable bonds is 5. The summed E-state index contributed by atoms with van der Waals surface area (Å²) in [4.78, 5) is 31.5. The van der Waals surface area contributed by atoms with Gasteiger partial charge in [-0.25, -0.2) is 18.3 Å². The first-order valence-corrected chi connectivity index (χ1v) is 10.3. The fourth-order valence-corrected chi connectivity index (χ4v) is 4.40. The number of hydrogen-bond donors (Lipinski definition) is 1. The zero-order chi connectivity index (χ0) is 22.4. The third kappa shape index (κ3) is 3.63. The van der Waals surface area contributed by atoms with Crippen molar-refractivity contribution >= 4 is 33.8 Å². The number of amides is 2. The van der Waals surface area contributed by atoms with Crippen molar-refractivity contribution in [2.75, 3.05) is 19.4 Å². The number of hydrogen-bond acceptors (Lipinski definition) is 6. The Morgan fingerprint density at radius 2 is 2.10 bits per heavy atom. The molecule has 3 aromatic heterocycles. The average molecular weight is 444 g/mol. The summed E-state index contributed by atoms with van der Waals surface area (Å²) in [5, 5.41) is 16.3. The number of aromatic nitrogens is 3. The van der Waals surface area contributed by atoms with E-state index in [1.165, 1.54) is 17.2 Å². The second kappa shape index (κ2) is 7.70. The zero-order valence-electron chi connectivity index (χ0n) is 16.9. The molecule has 2 amide bonds. The largest absolute Gasteiger partial charge is 0.344 e. The molecule has 11 heteroatoms. The lowest BCUT2D eigenvalue weighted by Gasteiger charge is -2.08. The normalized spacial score (nSPS) is 13.5. The number of thiophene rings is 1. The van der Waals surface area contributed by atoms with Crippen molar-refractivity contribution in [2.24, 2.45) is 0 Å². The number of alkyl halides is 2. The van der Waals surface area contributed by atoms with Gasteiger partial charge in [0.25, 0.3) is 18.2 Å². The van der Waals surface area contributed by atoms with Crippen molar-refractivity contribution in [3.05, 3.63) is 45.2 Å². The molecule has 31 heavy (non-hydrogen) atoms. The second-order valence-electron chi connectivity index (χ2n) is 7.50. The molecule has 0 atom stereocenters. The van der Waals surface area contributed by atoms with Crippen molar-refractivity contribution in [1.82, 2.24) is 19.5 Å². The first-order chi connectivity index (χ1) is 14.7. The molecule has 1 fully saturated rings. The van der Waals surface area contributed by atoms with Crippen LogP contribution in [0.4, 0.5) is 13.8 Å². The SMILES string of the molecule is Cc1c(C(=O)N(C)C)sc(NC(=O)c2cnn3c(C(F)F)cc(C4CC4)nc23)c1C#N. The molecule has 0 unspecified atom stereocenters. The molecule has 1 aliphatic carbocycles. The molecule has 1 N–H and O–H groups in total.